The molecule has 2 aromatic rings. The molecule has 2 heterocycles. The van der Waals surface area contributed by atoms with Crippen molar-refractivity contribution in [3.05, 3.63) is 28.3 Å². The molecule has 0 saturated heterocycles. The molecular formula is C10H14N4OS. The normalized spacial score (nSPS) is 10.6. The fraction of sp³-hybridized carbons (Fsp3) is 0.400. The molecule has 0 aromatic carbocycles. The van der Waals surface area contributed by atoms with Gasteiger partial charge in [0.1, 0.15) is 0 Å². The Hall–Kier alpha value is -1.40. The second-order valence-corrected chi connectivity index (χ2v) is 4.47. The fourth-order valence-electron chi connectivity index (χ4n) is 1.31. The first-order chi connectivity index (χ1) is 7.79. The minimum Gasteiger partial charge on any atom is -0.407 e. The fourth-order valence-corrected chi connectivity index (χ4v) is 2.01. The van der Waals surface area contributed by atoms with Gasteiger partial charge in [-0.3, -0.25) is 0 Å². The van der Waals surface area contributed by atoms with Gasteiger partial charge in [0.15, 0.2) is 0 Å². The van der Waals surface area contributed by atoms with Gasteiger partial charge >= 0.3 is 6.01 Å². The van der Waals surface area contributed by atoms with Crippen molar-refractivity contribution < 1.29 is 4.42 Å². The van der Waals surface area contributed by atoms with Crippen LogP contribution in [0.5, 0.6) is 0 Å². The third-order valence-electron chi connectivity index (χ3n) is 2.23. The van der Waals surface area contributed by atoms with Gasteiger partial charge in [-0.1, -0.05) is 11.2 Å². The Morgan fingerprint density at radius 2 is 2.38 bits per heavy atom. The summed E-state index contributed by atoms with van der Waals surface area (Å²) in [6, 6.07) is 4.70. The average Bonchev–Trinajstić information content (AvgIpc) is 2.96. The minimum atomic E-state index is 0.283. The topological polar surface area (TPSA) is 68.2 Å². The monoisotopic (exact) mass is 238 g/mol. The van der Waals surface area contributed by atoms with Crippen molar-refractivity contribution in [3.63, 3.8) is 0 Å². The first-order valence-corrected chi connectivity index (χ1v) is 5.93. The molecular weight excluding hydrogens is 224 g/mol. The van der Waals surface area contributed by atoms with Gasteiger partial charge in [-0.2, -0.15) is 0 Å². The molecule has 2 aromatic heterocycles. The second kappa shape index (κ2) is 5.09. The van der Waals surface area contributed by atoms with Crippen molar-refractivity contribution >= 4 is 17.4 Å². The lowest BCUT2D eigenvalue weighted by molar-refractivity contribution is 0.491. The number of hydrogen-bond acceptors (Lipinski definition) is 6. The van der Waals surface area contributed by atoms with Gasteiger partial charge in [0, 0.05) is 18.5 Å². The van der Waals surface area contributed by atoms with Gasteiger partial charge in [-0.05, 0) is 17.9 Å². The van der Waals surface area contributed by atoms with Gasteiger partial charge in [0.2, 0.25) is 5.89 Å². The third kappa shape index (κ3) is 2.59. The van der Waals surface area contributed by atoms with Gasteiger partial charge < -0.3 is 15.1 Å². The van der Waals surface area contributed by atoms with E-state index in [0.29, 0.717) is 11.9 Å². The maximum Gasteiger partial charge on any atom is 0.317 e. The molecule has 0 spiro atoms. The predicted octanol–water partition coefficient (Wildman–Crippen LogP) is 1.27. The van der Waals surface area contributed by atoms with E-state index in [9.17, 15) is 0 Å². The van der Waals surface area contributed by atoms with Crippen molar-refractivity contribution in [1.82, 2.24) is 10.2 Å². The lowest BCUT2D eigenvalue weighted by atomic mass is 10.3. The lowest BCUT2D eigenvalue weighted by Crippen LogP contribution is -2.20. The highest BCUT2D eigenvalue weighted by Gasteiger charge is 2.09. The maximum absolute atomic E-state index is 5.40. The van der Waals surface area contributed by atoms with Crippen LogP contribution in [0.4, 0.5) is 6.01 Å². The van der Waals surface area contributed by atoms with E-state index in [-0.39, 0.29) is 6.54 Å². The summed E-state index contributed by atoms with van der Waals surface area (Å²) in [6.07, 6.45) is 0.981. The van der Waals surface area contributed by atoms with E-state index >= 15 is 0 Å². The van der Waals surface area contributed by atoms with Crippen LogP contribution in [-0.4, -0.2) is 23.8 Å². The average molecular weight is 238 g/mol. The van der Waals surface area contributed by atoms with Crippen LogP contribution in [0.2, 0.25) is 0 Å². The Morgan fingerprint density at radius 1 is 1.50 bits per heavy atom. The molecule has 0 aliphatic rings. The standard InChI is InChI=1S/C10H14N4OS/c1-14(5-4-8-3-2-6-16-8)10-13-12-9(7-11)15-10/h2-3,6H,4-5,7,11H2,1H3. The van der Waals surface area contributed by atoms with Gasteiger partial charge in [0.25, 0.3) is 0 Å². The smallest absolute Gasteiger partial charge is 0.317 e. The minimum absolute atomic E-state index is 0.283. The van der Waals surface area contributed by atoms with Crippen LogP contribution in [0, 0.1) is 0 Å². The predicted molar refractivity (Wildman–Crippen MR) is 63.5 cm³/mol. The van der Waals surface area contributed by atoms with Gasteiger partial charge in [-0.25, -0.2) is 0 Å². The Morgan fingerprint density at radius 3 is 3.00 bits per heavy atom. The van der Waals surface area contributed by atoms with Gasteiger partial charge in [0.05, 0.1) is 6.54 Å². The number of nitrogens with two attached hydrogens (primary N) is 1. The highest BCUT2D eigenvalue weighted by molar-refractivity contribution is 7.09. The highest BCUT2D eigenvalue weighted by atomic mass is 32.1. The molecule has 0 fully saturated rings. The summed E-state index contributed by atoms with van der Waals surface area (Å²) >= 11 is 1.76. The molecule has 6 heteroatoms. The Balaban J connectivity index is 1.90. The molecule has 0 amide bonds. The molecule has 0 bridgehead atoms. The van der Waals surface area contributed by atoms with E-state index in [0.717, 1.165) is 13.0 Å². The molecule has 0 unspecified atom stereocenters. The van der Waals surface area contributed by atoms with Crippen molar-refractivity contribution in [2.75, 3.05) is 18.5 Å². The van der Waals surface area contributed by atoms with E-state index in [2.05, 4.69) is 27.7 Å². The third-order valence-corrected chi connectivity index (χ3v) is 3.17. The first-order valence-electron chi connectivity index (χ1n) is 5.05. The largest absolute Gasteiger partial charge is 0.407 e. The van der Waals surface area contributed by atoms with Crippen LogP contribution in [0.15, 0.2) is 21.9 Å². The Bertz CT molecular complexity index is 426. The number of anilines is 1. The summed E-state index contributed by atoms with van der Waals surface area (Å²) in [5.41, 5.74) is 5.40. The number of likely N-dealkylation sites (N-methyl/N-ethyl adjacent to an activating group) is 1. The van der Waals surface area contributed by atoms with E-state index in [1.807, 2.05) is 11.9 Å². The number of rotatable bonds is 5. The van der Waals surface area contributed by atoms with Crippen LogP contribution >= 0.6 is 11.3 Å². The van der Waals surface area contributed by atoms with Crippen LogP contribution in [-0.2, 0) is 13.0 Å². The summed E-state index contributed by atoms with van der Waals surface area (Å²) in [5, 5.41) is 9.82. The first kappa shape index (κ1) is 11.1. The maximum atomic E-state index is 5.40. The van der Waals surface area contributed by atoms with Crippen LogP contribution in [0.25, 0.3) is 0 Å². The zero-order valence-electron chi connectivity index (χ0n) is 9.09. The second-order valence-electron chi connectivity index (χ2n) is 3.43. The summed E-state index contributed by atoms with van der Waals surface area (Å²) < 4.78 is 5.35. The lowest BCUT2D eigenvalue weighted by Gasteiger charge is -2.12. The van der Waals surface area contributed by atoms with Crippen LogP contribution < -0.4 is 10.6 Å². The Labute approximate surface area is 97.9 Å². The van der Waals surface area contributed by atoms with E-state index in [1.165, 1.54) is 4.88 Å². The summed E-state index contributed by atoms with van der Waals surface area (Å²) in [6.45, 7) is 1.14. The molecule has 0 aliphatic carbocycles. The van der Waals surface area contributed by atoms with Gasteiger partial charge in [-0.15, -0.1) is 16.4 Å². The molecule has 16 heavy (non-hydrogen) atoms. The molecule has 0 radical (unpaired) electrons. The van der Waals surface area contributed by atoms with Crippen molar-refractivity contribution in [2.24, 2.45) is 5.73 Å². The summed E-state index contributed by atoms with van der Waals surface area (Å²) in [5.74, 6) is 0.470. The zero-order chi connectivity index (χ0) is 11.4. The quantitative estimate of drug-likeness (QED) is 0.849. The number of thiophene rings is 1. The highest BCUT2D eigenvalue weighted by Crippen LogP contribution is 2.13. The van der Waals surface area contributed by atoms with Crippen LogP contribution in [0.1, 0.15) is 10.8 Å². The summed E-state index contributed by atoms with van der Waals surface area (Å²) in [7, 11) is 1.93. The Kier molecular flexibility index (Phi) is 3.53. The van der Waals surface area contributed by atoms with E-state index in [4.69, 9.17) is 10.2 Å². The molecule has 0 atom stereocenters. The SMILES string of the molecule is CN(CCc1cccs1)c1nnc(CN)o1. The molecule has 0 aliphatic heterocycles. The van der Waals surface area contributed by atoms with E-state index < -0.39 is 0 Å². The number of nitrogens with zero attached hydrogens (tertiary/aromatic N) is 3. The van der Waals surface area contributed by atoms with Crippen molar-refractivity contribution in [3.8, 4) is 0 Å². The molecule has 0 saturated carbocycles. The van der Waals surface area contributed by atoms with Crippen molar-refractivity contribution in [1.29, 1.82) is 0 Å². The molecule has 2 N–H and O–H groups in total. The molecule has 5 nitrogen and oxygen atoms in total. The zero-order valence-corrected chi connectivity index (χ0v) is 9.91. The van der Waals surface area contributed by atoms with Crippen LogP contribution in [0.3, 0.4) is 0 Å². The van der Waals surface area contributed by atoms with E-state index in [1.54, 1.807) is 11.3 Å². The molecule has 2 rings (SSSR count). The summed E-state index contributed by atoms with van der Waals surface area (Å²) in [4.78, 5) is 3.29. The van der Waals surface area contributed by atoms with Crippen molar-refractivity contribution in [2.45, 2.75) is 13.0 Å². The number of aromatic nitrogens is 2. The molecule has 86 valence electrons. The number of hydrogen-bond donors (Lipinski definition) is 1.